The van der Waals surface area contributed by atoms with Crippen molar-refractivity contribution in [3.8, 4) is 11.4 Å². The molecule has 1 fully saturated rings. The highest BCUT2D eigenvalue weighted by Gasteiger charge is 2.25. The molecule has 1 atom stereocenters. The summed E-state index contributed by atoms with van der Waals surface area (Å²) in [6.45, 7) is 7.27. The molecule has 166 valence electrons. The number of guanidine groups is 1. The Balaban J connectivity index is 0.00000320. The lowest BCUT2D eigenvalue weighted by atomic mass is 9.98. The Kier molecular flexibility index (Phi) is 11.1. The maximum atomic E-state index is 6.03. The highest BCUT2D eigenvalue weighted by molar-refractivity contribution is 14.0. The summed E-state index contributed by atoms with van der Waals surface area (Å²) in [6, 6.07) is 8.22. The van der Waals surface area contributed by atoms with Gasteiger partial charge in [0.25, 0.3) is 0 Å². The average Bonchev–Trinajstić information content (AvgIpc) is 3.46. The van der Waals surface area contributed by atoms with Crippen LogP contribution in [-0.2, 0) is 11.3 Å². The maximum Gasteiger partial charge on any atom is 0.191 e. The van der Waals surface area contributed by atoms with Gasteiger partial charge in [-0.2, -0.15) is 5.10 Å². The Bertz CT molecular complexity index is 746. The Morgan fingerprint density at radius 2 is 2.10 bits per heavy atom. The third kappa shape index (κ3) is 7.54. The first-order valence-corrected chi connectivity index (χ1v) is 10.9. The van der Waals surface area contributed by atoms with Gasteiger partial charge in [-0.15, -0.1) is 24.0 Å². The van der Waals surface area contributed by atoms with E-state index in [1.807, 2.05) is 12.1 Å². The average molecular weight is 526 g/mol. The van der Waals surface area contributed by atoms with Crippen LogP contribution in [0.2, 0.25) is 0 Å². The molecule has 0 amide bonds. The zero-order valence-electron chi connectivity index (χ0n) is 18.1. The lowest BCUT2D eigenvalue weighted by Crippen LogP contribution is -2.39. The molecular weight excluding hydrogens is 491 g/mol. The summed E-state index contributed by atoms with van der Waals surface area (Å²) in [5, 5.41) is 13.6. The van der Waals surface area contributed by atoms with Gasteiger partial charge in [-0.3, -0.25) is 5.10 Å². The Morgan fingerprint density at radius 1 is 1.27 bits per heavy atom. The van der Waals surface area contributed by atoms with Crippen LogP contribution in [-0.4, -0.2) is 46.9 Å². The van der Waals surface area contributed by atoms with Crippen LogP contribution in [0.1, 0.15) is 51.5 Å². The third-order valence-electron chi connectivity index (χ3n) is 5.41. The third-order valence-corrected chi connectivity index (χ3v) is 5.41. The maximum absolute atomic E-state index is 6.03. The van der Waals surface area contributed by atoms with Gasteiger partial charge < -0.3 is 15.4 Å². The summed E-state index contributed by atoms with van der Waals surface area (Å²) < 4.78 is 6.03. The number of aromatic nitrogens is 3. The fourth-order valence-electron chi connectivity index (χ4n) is 4.00. The number of rotatable bonds is 10. The molecule has 0 aliphatic heterocycles. The number of aromatic amines is 1. The zero-order valence-corrected chi connectivity index (χ0v) is 20.4. The second-order valence-electron chi connectivity index (χ2n) is 7.48. The SMILES string of the molecule is CCNC(=NCc1cccc(-c2ncn[nH]2)c1)NCCC(OCC)C1CCCC1.I. The van der Waals surface area contributed by atoms with E-state index in [-0.39, 0.29) is 24.0 Å². The van der Waals surface area contributed by atoms with Crippen molar-refractivity contribution in [1.82, 2.24) is 25.8 Å². The standard InChI is InChI=1S/C22H34N6O.HI/c1-3-23-22(24-13-12-20(29-4-2)18-9-5-6-10-18)25-15-17-8-7-11-19(14-17)21-26-16-27-28-21;/h7-8,11,14,16,18,20H,3-6,9-10,12-13,15H2,1-2H3,(H2,23,24,25)(H,26,27,28);1H. The Morgan fingerprint density at radius 3 is 2.80 bits per heavy atom. The van der Waals surface area contributed by atoms with Crippen molar-refractivity contribution in [3.05, 3.63) is 36.2 Å². The summed E-state index contributed by atoms with van der Waals surface area (Å²) in [7, 11) is 0. The Hall–Kier alpha value is -1.68. The van der Waals surface area contributed by atoms with Crippen molar-refractivity contribution < 1.29 is 4.74 Å². The van der Waals surface area contributed by atoms with Crippen LogP contribution >= 0.6 is 24.0 Å². The molecule has 3 N–H and O–H groups in total. The van der Waals surface area contributed by atoms with E-state index in [1.165, 1.54) is 32.0 Å². The highest BCUT2D eigenvalue weighted by Crippen LogP contribution is 2.30. The molecule has 1 aliphatic carbocycles. The van der Waals surface area contributed by atoms with Crippen LogP contribution in [0.5, 0.6) is 0 Å². The number of aliphatic imine (C=N–C) groups is 1. The molecule has 7 nitrogen and oxygen atoms in total. The number of ether oxygens (including phenoxy) is 1. The number of hydrogen-bond acceptors (Lipinski definition) is 4. The minimum absolute atomic E-state index is 0. The minimum atomic E-state index is 0. The molecular formula is C22H35IN6O. The molecule has 1 aromatic carbocycles. The van der Waals surface area contributed by atoms with Crippen LogP contribution in [0.15, 0.2) is 35.6 Å². The van der Waals surface area contributed by atoms with Gasteiger partial charge in [0.15, 0.2) is 11.8 Å². The molecule has 0 radical (unpaired) electrons. The van der Waals surface area contributed by atoms with Crippen LogP contribution in [0.3, 0.4) is 0 Å². The number of halogens is 1. The first kappa shape index (κ1) is 24.6. The smallest absolute Gasteiger partial charge is 0.191 e. The lowest BCUT2D eigenvalue weighted by molar-refractivity contribution is 0.0169. The fourth-order valence-corrected chi connectivity index (χ4v) is 4.00. The molecule has 1 unspecified atom stereocenters. The van der Waals surface area contributed by atoms with Crippen molar-refractivity contribution >= 4 is 29.9 Å². The fraction of sp³-hybridized carbons (Fsp3) is 0.591. The summed E-state index contributed by atoms with van der Waals surface area (Å²) in [4.78, 5) is 8.97. The summed E-state index contributed by atoms with van der Waals surface area (Å²) in [6.07, 6.45) is 8.20. The van der Waals surface area contributed by atoms with E-state index in [2.05, 4.69) is 51.8 Å². The zero-order chi connectivity index (χ0) is 20.3. The van der Waals surface area contributed by atoms with Crippen molar-refractivity contribution in [2.24, 2.45) is 10.9 Å². The minimum Gasteiger partial charge on any atom is -0.378 e. The van der Waals surface area contributed by atoms with Crippen LogP contribution in [0.25, 0.3) is 11.4 Å². The largest absolute Gasteiger partial charge is 0.378 e. The van der Waals surface area contributed by atoms with Gasteiger partial charge in [0, 0.05) is 25.3 Å². The molecule has 0 saturated heterocycles. The van der Waals surface area contributed by atoms with E-state index in [1.54, 1.807) is 0 Å². The number of nitrogens with zero attached hydrogens (tertiary/aromatic N) is 3. The van der Waals surface area contributed by atoms with Gasteiger partial charge in [-0.05, 0) is 50.7 Å². The molecule has 1 aliphatic rings. The molecule has 0 bridgehead atoms. The van der Waals surface area contributed by atoms with Crippen LogP contribution in [0, 0.1) is 5.92 Å². The van der Waals surface area contributed by atoms with Gasteiger partial charge in [0.2, 0.25) is 0 Å². The predicted molar refractivity (Wildman–Crippen MR) is 132 cm³/mol. The molecule has 0 spiro atoms. The summed E-state index contributed by atoms with van der Waals surface area (Å²) in [5.41, 5.74) is 2.15. The first-order valence-electron chi connectivity index (χ1n) is 10.9. The summed E-state index contributed by atoms with van der Waals surface area (Å²) >= 11 is 0. The molecule has 1 heterocycles. The van der Waals surface area contributed by atoms with E-state index >= 15 is 0 Å². The topological polar surface area (TPSA) is 87.2 Å². The second-order valence-corrected chi connectivity index (χ2v) is 7.48. The van der Waals surface area contributed by atoms with E-state index in [0.717, 1.165) is 54.9 Å². The van der Waals surface area contributed by atoms with E-state index < -0.39 is 0 Å². The van der Waals surface area contributed by atoms with Crippen molar-refractivity contribution in [2.75, 3.05) is 19.7 Å². The monoisotopic (exact) mass is 526 g/mol. The van der Waals surface area contributed by atoms with Gasteiger partial charge in [-0.1, -0.05) is 31.0 Å². The van der Waals surface area contributed by atoms with E-state index in [4.69, 9.17) is 9.73 Å². The predicted octanol–water partition coefficient (Wildman–Crippen LogP) is 4.13. The van der Waals surface area contributed by atoms with Crippen molar-refractivity contribution in [2.45, 2.75) is 58.6 Å². The number of benzene rings is 1. The first-order chi connectivity index (χ1) is 14.3. The van der Waals surface area contributed by atoms with Gasteiger partial charge in [0.05, 0.1) is 12.6 Å². The van der Waals surface area contributed by atoms with Crippen molar-refractivity contribution in [1.29, 1.82) is 0 Å². The van der Waals surface area contributed by atoms with Crippen molar-refractivity contribution in [3.63, 3.8) is 0 Å². The van der Waals surface area contributed by atoms with Gasteiger partial charge in [-0.25, -0.2) is 9.98 Å². The number of H-pyrrole nitrogens is 1. The number of hydrogen-bond donors (Lipinski definition) is 3. The normalized spacial score (nSPS) is 15.6. The lowest BCUT2D eigenvalue weighted by Gasteiger charge is -2.24. The van der Waals surface area contributed by atoms with Crippen LogP contribution in [0.4, 0.5) is 0 Å². The molecule has 1 saturated carbocycles. The number of nitrogens with one attached hydrogen (secondary N) is 3. The summed E-state index contributed by atoms with van der Waals surface area (Å²) in [5.74, 6) is 2.34. The Labute approximate surface area is 196 Å². The van der Waals surface area contributed by atoms with E-state index in [9.17, 15) is 0 Å². The molecule has 30 heavy (non-hydrogen) atoms. The molecule has 8 heteroatoms. The van der Waals surface area contributed by atoms with Gasteiger partial charge in [0.1, 0.15) is 6.33 Å². The quantitative estimate of drug-likeness (QED) is 0.246. The second kappa shape index (κ2) is 13.6. The molecule has 3 rings (SSSR count). The van der Waals surface area contributed by atoms with Crippen LogP contribution < -0.4 is 10.6 Å². The molecule has 1 aromatic heterocycles. The van der Waals surface area contributed by atoms with Gasteiger partial charge >= 0.3 is 0 Å². The molecule has 2 aromatic rings. The highest BCUT2D eigenvalue weighted by atomic mass is 127. The van der Waals surface area contributed by atoms with E-state index in [0.29, 0.717) is 12.6 Å².